The van der Waals surface area contributed by atoms with E-state index in [-0.39, 0.29) is 28.3 Å². The standard InChI is InChI=1S/C20H23ClN4O5S2/c1-3-18(32(28,29)15-4-5-17(16(21)10-15)22-13(2)26)24-20-23-14(12-31-20)6-7-25-8-9-30-11-19(25)27/h3-5,10,12,18H,1,6-9,11H2,2H3,(H,22,26)(H,23,24). The lowest BCUT2D eigenvalue weighted by Crippen LogP contribution is -2.42. The van der Waals surface area contributed by atoms with Crippen LogP contribution in [0.4, 0.5) is 10.8 Å². The van der Waals surface area contributed by atoms with Crippen molar-refractivity contribution in [2.24, 2.45) is 0 Å². The molecule has 1 aromatic heterocycles. The maximum absolute atomic E-state index is 13.1. The highest BCUT2D eigenvalue weighted by Gasteiger charge is 2.27. The summed E-state index contributed by atoms with van der Waals surface area (Å²) in [5.74, 6) is -0.364. The number of aromatic nitrogens is 1. The third-order valence-corrected chi connectivity index (χ3v) is 7.69. The van der Waals surface area contributed by atoms with E-state index in [2.05, 4.69) is 22.2 Å². The average Bonchev–Trinajstić information content (AvgIpc) is 3.20. The number of halogens is 1. The van der Waals surface area contributed by atoms with Crippen molar-refractivity contribution in [3.8, 4) is 0 Å². The Morgan fingerprint density at radius 3 is 2.91 bits per heavy atom. The number of rotatable bonds is 9. The Labute approximate surface area is 195 Å². The van der Waals surface area contributed by atoms with Gasteiger partial charge in [0.25, 0.3) is 0 Å². The monoisotopic (exact) mass is 498 g/mol. The number of thiazole rings is 1. The van der Waals surface area contributed by atoms with Crippen molar-refractivity contribution in [3.63, 3.8) is 0 Å². The summed E-state index contributed by atoms with van der Waals surface area (Å²) in [5, 5.41) is 6.64. The quantitative estimate of drug-likeness (QED) is 0.510. The maximum atomic E-state index is 13.1. The van der Waals surface area contributed by atoms with Gasteiger partial charge in [0.1, 0.15) is 6.61 Å². The van der Waals surface area contributed by atoms with Crippen molar-refractivity contribution < 1.29 is 22.7 Å². The Morgan fingerprint density at radius 1 is 1.47 bits per heavy atom. The molecule has 1 aliphatic rings. The van der Waals surface area contributed by atoms with Gasteiger partial charge in [-0.2, -0.15) is 0 Å². The molecule has 1 saturated heterocycles. The fourth-order valence-electron chi connectivity index (χ4n) is 3.02. The molecule has 12 heteroatoms. The number of carbonyl (C=O) groups excluding carboxylic acids is 2. The maximum Gasteiger partial charge on any atom is 0.248 e. The minimum Gasteiger partial charge on any atom is -0.370 e. The molecule has 1 fully saturated rings. The van der Waals surface area contributed by atoms with Gasteiger partial charge >= 0.3 is 0 Å². The summed E-state index contributed by atoms with van der Waals surface area (Å²) in [6.07, 6.45) is 1.83. The van der Waals surface area contributed by atoms with Crippen LogP contribution in [0.1, 0.15) is 12.6 Å². The summed E-state index contributed by atoms with van der Waals surface area (Å²) in [4.78, 5) is 29.2. The van der Waals surface area contributed by atoms with Crippen molar-refractivity contribution in [2.75, 3.05) is 36.9 Å². The second-order valence-electron chi connectivity index (χ2n) is 7.00. The lowest BCUT2D eigenvalue weighted by Gasteiger charge is -2.26. The van der Waals surface area contributed by atoms with E-state index in [1.165, 1.54) is 42.5 Å². The van der Waals surface area contributed by atoms with E-state index in [1.54, 1.807) is 4.90 Å². The van der Waals surface area contributed by atoms with Crippen LogP contribution in [0.15, 0.2) is 41.1 Å². The van der Waals surface area contributed by atoms with Crippen LogP contribution in [0.5, 0.6) is 0 Å². The Bertz CT molecular complexity index is 1120. The zero-order valence-corrected chi connectivity index (χ0v) is 19.7. The number of ether oxygens (including phenoxy) is 1. The van der Waals surface area contributed by atoms with Gasteiger partial charge in [-0.3, -0.25) is 9.59 Å². The summed E-state index contributed by atoms with van der Waals surface area (Å²) < 4.78 is 31.3. The van der Waals surface area contributed by atoms with Crippen molar-refractivity contribution in [3.05, 3.63) is 47.0 Å². The number of anilines is 2. The fourth-order valence-corrected chi connectivity index (χ4v) is 5.52. The van der Waals surface area contributed by atoms with Gasteiger partial charge in [0.05, 0.1) is 27.9 Å². The number of sulfone groups is 1. The van der Waals surface area contributed by atoms with Gasteiger partial charge in [-0.25, -0.2) is 13.4 Å². The third kappa shape index (κ3) is 5.85. The largest absolute Gasteiger partial charge is 0.370 e. The van der Waals surface area contributed by atoms with Crippen molar-refractivity contribution in [1.29, 1.82) is 0 Å². The number of nitrogens with zero attached hydrogens (tertiary/aromatic N) is 2. The van der Waals surface area contributed by atoms with E-state index in [0.29, 0.717) is 36.9 Å². The minimum absolute atomic E-state index is 0.0170. The smallest absolute Gasteiger partial charge is 0.248 e. The summed E-state index contributed by atoms with van der Waals surface area (Å²) >= 11 is 7.40. The summed E-state index contributed by atoms with van der Waals surface area (Å²) in [6.45, 7) is 6.65. The van der Waals surface area contributed by atoms with Gasteiger partial charge in [0.2, 0.25) is 21.7 Å². The number of benzene rings is 1. The Balaban J connectivity index is 1.68. The lowest BCUT2D eigenvalue weighted by molar-refractivity contribution is -0.142. The third-order valence-electron chi connectivity index (χ3n) is 4.67. The van der Waals surface area contributed by atoms with Crippen LogP contribution in [0, 0.1) is 0 Å². The van der Waals surface area contributed by atoms with Crippen molar-refractivity contribution >= 4 is 55.4 Å². The highest BCUT2D eigenvalue weighted by molar-refractivity contribution is 7.92. The molecule has 1 unspecified atom stereocenters. The first-order chi connectivity index (χ1) is 15.2. The normalized spacial score (nSPS) is 15.3. The van der Waals surface area contributed by atoms with Gasteiger partial charge in [-0.15, -0.1) is 11.3 Å². The second-order valence-corrected chi connectivity index (χ2v) is 10.3. The molecule has 0 bridgehead atoms. The Hall–Kier alpha value is -2.47. The van der Waals surface area contributed by atoms with Crippen LogP contribution in [-0.4, -0.2) is 61.8 Å². The van der Waals surface area contributed by atoms with Crippen LogP contribution >= 0.6 is 22.9 Å². The SMILES string of the molecule is C=CC(Nc1nc(CCN2CCOCC2=O)cs1)S(=O)(=O)c1ccc(NC(C)=O)c(Cl)c1. The summed E-state index contributed by atoms with van der Waals surface area (Å²) in [5.41, 5.74) is 1.07. The van der Waals surface area contributed by atoms with Crippen LogP contribution in [0.3, 0.4) is 0 Å². The van der Waals surface area contributed by atoms with Crippen LogP contribution in [0.2, 0.25) is 5.02 Å². The topological polar surface area (TPSA) is 118 Å². The van der Waals surface area contributed by atoms with E-state index in [4.69, 9.17) is 16.3 Å². The van der Waals surface area contributed by atoms with E-state index in [0.717, 1.165) is 5.69 Å². The molecule has 2 aromatic rings. The van der Waals surface area contributed by atoms with Gasteiger partial charge in [0.15, 0.2) is 10.5 Å². The lowest BCUT2D eigenvalue weighted by atomic mass is 10.3. The first kappa shape index (κ1) is 24.2. The van der Waals surface area contributed by atoms with Crippen LogP contribution in [-0.2, 0) is 30.6 Å². The molecular weight excluding hydrogens is 476 g/mol. The Kier molecular flexibility index (Phi) is 7.88. The summed E-state index contributed by atoms with van der Waals surface area (Å²) in [7, 11) is -3.87. The second kappa shape index (κ2) is 10.4. The number of hydrogen-bond acceptors (Lipinski definition) is 8. The molecule has 1 aliphatic heterocycles. The van der Waals surface area contributed by atoms with Crippen molar-refractivity contribution in [1.82, 2.24) is 9.88 Å². The van der Waals surface area contributed by atoms with Gasteiger partial charge < -0.3 is 20.3 Å². The first-order valence-corrected chi connectivity index (χ1v) is 12.5. The molecule has 3 rings (SSSR count). The van der Waals surface area contributed by atoms with Crippen molar-refractivity contribution in [2.45, 2.75) is 23.6 Å². The Morgan fingerprint density at radius 2 is 2.25 bits per heavy atom. The summed E-state index contributed by atoms with van der Waals surface area (Å²) in [6, 6.07) is 4.09. The van der Waals surface area contributed by atoms with E-state index in [1.807, 2.05) is 5.38 Å². The van der Waals surface area contributed by atoms with E-state index < -0.39 is 15.2 Å². The first-order valence-electron chi connectivity index (χ1n) is 9.70. The number of carbonyl (C=O) groups is 2. The molecule has 0 aliphatic carbocycles. The molecule has 2 amide bonds. The molecule has 0 radical (unpaired) electrons. The van der Waals surface area contributed by atoms with Gasteiger partial charge in [-0.1, -0.05) is 24.3 Å². The molecule has 1 atom stereocenters. The molecule has 2 heterocycles. The van der Waals surface area contributed by atoms with E-state index >= 15 is 0 Å². The van der Waals surface area contributed by atoms with Crippen LogP contribution in [0.25, 0.3) is 0 Å². The molecule has 1 aromatic carbocycles. The number of hydrogen-bond donors (Lipinski definition) is 2. The molecule has 32 heavy (non-hydrogen) atoms. The number of morpholine rings is 1. The highest BCUT2D eigenvalue weighted by Crippen LogP contribution is 2.28. The predicted octanol–water partition coefficient (Wildman–Crippen LogP) is 2.55. The zero-order valence-electron chi connectivity index (χ0n) is 17.3. The molecular formula is C20H23ClN4O5S2. The molecule has 2 N–H and O–H groups in total. The number of amides is 2. The zero-order chi connectivity index (χ0) is 23.3. The van der Waals surface area contributed by atoms with E-state index in [9.17, 15) is 18.0 Å². The number of nitrogens with one attached hydrogen (secondary N) is 2. The average molecular weight is 499 g/mol. The van der Waals surface area contributed by atoms with Gasteiger partial charge in [0, 0.05) is 31.8 Å². The fraction of sp³-hybridized carbons (Fsp3) is 0.350. The predicted molar refractivity (Wildman–Crippen MR) is 124 cm³/mol. The van der Waals surface area contributed by atoms with Crippen LogP contribution < -0.4 is 10.6 Å². The molecule has 0 spiro atoms. The molecule has 9 nitrogen and oxygen atoms in total. The minimum atomic E-state index is -3.87. The van der Waals surface area contributed by atoms with Gasteiger partial charge in [-0.05, 0) is 18.2 Å². The highest BCUT2D eigenvalue weighted by atomic mass is 35.5. The molecule has 172 valence electrons. The molecule has 0 saturated carbocycles.